The van der Waals surface area contributed by atoms with Crippen LogP contribution in [0.4, 0.5) is 0 Å². The van der Waals surface area contributed by atoms with Crippen molar-refractivity contribution in [2.45, 2.75) is 83.0 Å². The van der Waals surface area contributed by atoms with Gasteiger partial charge in [-0.15, -0.1) is 0 Å². The van der Waals surface area contributed by atoms with E-state index in [-0.39, 0.29) is 18.4 Å². The number of aliphatic hydroxyl groups excluding tert-OH is 4. The van der Waals surface area contributed by atoms with Gasteiger partial charge in [0.1, 0.15) is 0 Å². The van der Waals surface area contributed by atoms with E-state index in [4.69, 9.17) is 5.11 Å². The van der Waals surface area contributed by atoms with Gasteiger partial charge in [0.15, 0.2) is 0 Å². The van der Waals surface area contributed by atoms with Gasteiger partial charge < -0.3 is 20.4 Å². The molecule has 0 bridgehead atoms. The lowest BCUT2D eigenvalue weighted by Gasteiger charge is -2.19. The molecule has 1 rings (SSSR count). The average molecular weight is 341 g/mol. The van der Waals surface area contributed by atoms with Crippen molar-refractivity contribution in [2.24, 2.45) is 11.8 Å². The van der Waals surface area contributed by atoms with Gasteiger partial charge in [0, 0.05) is 18.9 Å². The highest BCUT2D eigenvalue weighted by molar-refractivity contribution is 5.06. The molecule has 0 amide bonds. The van der Waals surface area contributed by atoms with Gasteiger partial charge >= 0.3 is 0 Å². The van der Waals surface area contributed by atoms with Gasteiger partial charge in [-0.3, -0.25) is 0 Å². The maximum atomic E-state index is 10.2. The Morgan fingerprint density at radius 2 is 1.83 bits per heavy atom. The fourth-order valence-electron chi connectivity index (χ4n) is 3.41. The highest BCUT2D eigenvalue weighted by Gasteiger charge is 2.39. The summed E-state index contributed by atoms with van der Waals surface area (Å²) < 4.78 is 0. The molecule has 5 atom stereocenters. The molecule has 4 nitrogen and oxygen atoms in total. The molecule has 0 aliphatic heterocycles. The highest BCUT2D eigenvalue weighted by atomic mass is 16.3. The molecule has 0 heterocycles. The predicted molar refractivity (Wildman–Crippen MR) is 97.6 cm³/mol. The Bertz CT molecular complexity index is 367. The first kappa shape index (κ1) is 21.4. The van der Waals surface area contributed by atoms with Crippen LogP contribution in [0.2, 0.25) is 0 Å². The first-order chi connectivity index (χ1) is 11.6. The SMILES string of the molecule is CCCCC[C@H](O)/C=C/[C@@H]1[C@@H](C/C=C\CCCCO)[C@@H](O)C[C@@H]1O. The topological polar surface area (TPSA) is 80.9 Å². The Hall–Kier alpha value is -0.680. The van der Waals surface area contributed by atoms with E-state index < -0.39 is 18.3 Å². The highest BCUT2D eigenvalue weighted by Crippen LogP contribution is 2.36. The van der Waals surface area contributed by atoms with Crippen LogP contribution in [-0.2, 0) is 0 Å². The minimum Gasteiger partial charge on any atom is -0.396 e. The van der Waals surface area contributed by atoms with Crippen LogP contribution in [0.5, 0.6) is 0 Å². The number of hydrogen-bond donors (Lipinski definition) is 4. The van der Waals surface area contributed by atoms with Crippen molar-refractivity contribution in [3.05, 3.63) is 24.3 Å². The fourth-order valence-corrected chi connectivity index (χ4v) is 3.41. The maximum absolute atomic E-state index is 10.2. The number of unbranched alkanes of at least 4 members (excludes halogenated alkanes) is 4. The third kappa shape index (κ3) is 7.93. The Kier molecular flexibility index (Phi) is 11.3. The summed E-state index contributed by atoms with van der Waals surface area (Å²) in [5.74, 6) is -0.0869. The lowest BCUT2D eigenvalue weighted by atomic mass is 9.89. The van der Waals surface area contributed by atoms with Crippen molar-refractivity contribution in [3.63, 3.8) is 0 Å². The first-order valence-corrected chi connectivity index (χ1v) is 9.58. The molecule has 140 valence electrons. The third-order valence-corrected chi connectivity index (χ3v) is 4.93. The summed E-state index contributed by atoms with van der Waals surface area (Å²) in [4.78, 5) is 0. The maximum Gasteiger partial charge on any atom is 0.0721 e. The van der Waals surface area contributed by atoms with Crippen LogP contribution in [0.15, 0.2) is 24.3 Å². The van der Waals surface area contributed by atoms with Crippen LogP contribution in [0.25, 0.3) is 0 Å². The van der Waals surface area contributed by atoms with Crippen LogP contribution in [0, 0.1) is 11.8 Å². The summed E-state index contributed by atoms with van der Waals surface area (Å²) in [6, 6.07) is 0. The van der Waals surface area contributed by atoms with Crippen molar-refractivity contribution in [1.82, 2.24) is 0 Å². The van der Waals surface area contributed by atoms with Gasteiger partial charge in [0.2, 0.25) is 0 Å². The molecule has 1 aliphatic carbocycles. The summed E-state index contributed by atoms with van der Waals surface area (Å²) in [6.07, 6.45) is 14.3. The second-order valence-corrected chi connectivity index (χ2v) is 6.99. The van der Waals surface area contributed by atoms with Crippen LogP contribution in [0.1, 0.15) is 64.7 Å². The fraction of sp³-hybridized carbons (Fsp3) is 0.800. The Labute approximate surface area is 146 Å². The average Bonchev–Trinajstić information content (AvgIpc) is 2.82. The summed E-state index contributed by atoms with van der Waals surface area (Å²) in [7, 11) is 0. The monoisotopic (exact) mass is 340 g/mol. The third-order valence-electron chi connectivity index (χ3n) is 4.93. The van der Waals surface area contributed by atoms with Crippen LogP contribution >= 0.6 is 0 Å². The second kappa shape index (κ2) is 12.6. The first-order valence-electron chi connectivity index (χ1n) is 9.58. The molecular weight excluding hydrogens is 304 g/mol. The van der Waals surface area contributed by atoms with E-state index in [0.29, 0.717) is 6.42 Å². The number of hydrogen-bond acceptors (Lipinski definition) is 4. The van der Waals surface area contributed by atoms with Crippen molar-refractivity contribution >= 4 is 0 Å². The van der Waals surface area contributed by atoms with Gasteiger partial charge in [0.05, 0.1) is 18.3 Å². The lowest BCUT2D eigenvalue weighted by Crippen LogP contribution is -2.20. The van der Waals surface area contributed by atoms with Crippen LogP contribution < -0.4 is 0 Å². The predicted octanol–water partition coefficient (Wildman–Crippen LogP) is 2.95. The lowest BCUT2D eigenvalue weighted by molar-refractivity contribution is 0.120. The molecular formula is C20H36O4. The van der Waals surface area contributed by atoms with E-state index >= 15 is 0 Å². The summed E-state index contributed by atoms with van der Waals surface area (Å²) >= 11 is 0. The molecule has 0 aromatic heterocycles. The Morgan fingerprint density at radius 3 is 2.54 bits per heavy atom. The van der Waals surface area contributed by atoms with E-state index in [1.54, 1.807) is 6.08 Å². The second-order valence-electron chi connectivity index (χ2n) is 6.99. The Morgan fingerprint density at radius 1 is 1.04 bits per heavy atom. The zero-order valence-corrected chi connectivity index (χ0v) is 15.1. The number of rotatable bonds is 12. The zero-order chi connectivity index (χ0) is 17.8. The summed E-state index contributed by atoms with van der Waals surface area (Å²) in [5, 5.41) is 39.1. The molecule has 1 fully saturated rings. The van der Waals surface area contributed by atoms with Gasteiger partial charge in [-0.2, -0.15) is 0 Å². The van der Waals surface area contributed by atoms with Gasteiger partial charge in [-0.1, -0.05) is 50.5 Å². The van der Waals surface area contributed by atoms with Crippen LogP contribution in [0.3, 0.4) is 0 Å². The van der Waals surface area contributed by atoms with E-state index in [1.165, 1.54) is 0 Å². The largest absolute Gasteiger partial charge is 0.396 e. The zero-order valence-electron chi connectivity index (χ0n) is 15.1. The van der Waals surface area contributed by atoms with E-state index in [2.05, 4.69) is 19.1 Å². The van der Waals surface area contributed by atoms with Crippen LogP contribution in [-0.4, -0.2) is 45.3 Å². The summed E-state index contributed by atoms with van der Waals surface area (Å²) in [5.41, 5.74) is 0. The standard InChI is InChI=1S/C20H36O4/c1-2-3-7-10-16(22)12-13-18-17(19(23)15-20(18)24)11-8-5-4-6-9-14-21/h5,8,12-13,16-24H,2-4,6-7,9-11,14-15H2,1H3/b8-5-,13-12+/t16-,17+,18+,19-,20-/m0/s1. The van der Waals surface area contributed by atoms with E-state index in [0.717, 1.165) is 51.4 Å². The molecule has 1 saturated carbocycles. The van der Waals surface area contributed by atoms with E-state index in [1.807, 2.05) is 6.08 Å². The Balaban J connectivity index is 2.46. The molecule has 24 heavy (non-hydrogen) atoms. The normalized spacial score (nSPS) is 29.0. The van der Waals surface area contributed by atoms with Crippen molar-refractivity contribution < 1.29 is 20.4 Å². The van der Waals surface area contributed by atoms with Gasteiger partial charge in [-0.25, -0.2) is 0 Å². The smallest absolute Gasteiger partial charge is 0.0721 e. The molecule has 4 N–H and O–H groups in total. The molecule has 0 saturated heterocycles. The molecule has 4 heteroatoms. The minimum absolute atomic E-state index is 0.00758. The quantitative estimate of drug-likeness (QED) is 0.325. The van der Waals surface area contributed by atoms with Gasteiger partial charge in [-0.05, 0) is 38.0 Å². The minimum atomic E-state index is -0.535. The van der Waals surface area contributed by atoms with Crippen molar-refractivity contribution in [2.75, 3.05) is 6.61 Å². The molecule has 0 radical (unpaired) electrons. The molecule has 0 unspecified atom stereocenters. The number of allylic oxidation sites excluding steroid dienone is 2. The molecule has 0 spiro atoms. The molecule has 1 aliphatic rings. The number of aliphatic hydroxyl groups is 4. The molecule has 0 aromatic carbocycles. The van der Waals surface area contributed by atoms with Crippen molar-refractivity contribution in [1.29, 1.82) is 0 Å². The van der Waals surface area contributed by atoms with E-state index in [9.17, 15) is 15.3 Å². The molecule has 0 aromatic rings. The van der Waals surface area contributed by atoms with Gasteiger partial charge in [0.25, 0.3) is 0 Å². The summed E-state index contributed by atoms with van der Waals surface area (Å²) in [6.45, 7) is 2.37. The van der Waals surface area contributed by atoms with Crippen molar-refractivity contribution in [3.8, 4) is 0 Å².